The van der Waals surface area contributed by atoms with Crippen molar-refractivity contribution < 1.29 is 0 Å². The summed E-state index contributed by atoms with van der Waals surface area (Å²) in [5.41, 5.74) is 6.52. The molecule has 0 unspecified atom stereocenters. The number of aromatic nitrogens is 2. The summed E-state index contributed by atoms with van der Waals surface area (Å²) < 4.78 is 1.72. The van der Waals surface area contributed by atoms with Crippen molar-refractivity contribution in [2.24, 2.45) is 0 Å². The minimum atomic E-state index is -1.69. The Morgan fingerprint density at radius 2 is 1.58 bits per heavy atom. The summed E-state index contributed by atoms with van der Waals surface area (Å²) in [5, 5.41) is 4.73. The summed E-state index contributed by atoms with van der Waals surface area (Å²) >= 11 is 5.91. The third-order valence-corrected chi connectivity index (χ3v) is 10.6. The summed E-state index contributed by atoms with van der Waals surface area (Å²) in [6, 6.07) is 5.10. The van der Waals surface area contributed by atoms with Crippen molar-refractivity contribution in [3.05, 3.63) is 16.9 Å². The minimum absolute atomic E-state index is 0.512. The van der Waals surface area contributed by atoms with Gasteiger partial charge >= 0.3 is 0 Å². The Balaban J connectivity index is 3.27. The summed E-state index contributed by atoms with van der Waals surface area (Å²) in [4.78, 5) is 0. The maximum Gasteiger partial charge on any atom is 0.152 e. The summed E-state index contributed by atoms with van der Waals surface area (Å²) in [6.45, 7) is 15.8. The number of aryl methyl sites for hydroxylation is 1. The van der Waals surface area contributed by atoms with E-state index in [1.165, 1.54) is 0 Å². The van der Waals surface area contributed by atoms with Gasteiger partial charge in [0.15, 0.2) is 5.15 Å². The van der Waals surface area contributed by atoms with Gasteiger partial charge in [0.2, 0.25) is 0 Å². The van der Waals surface area contributed by atoms with E-state index in [9.17, 15) is 0 Å². The van der Waals surface area contributed by atoms with Gasteiger partial charge in [0.05, 0.1) is 5.69 Å². The van der Waals surface area contributed by atoms with Crippen LogP contribution in [-0.4, -0.2) is 17.9 Å². The number of rotatable bonds is 3. The van der Waals surface area contributed by atoms with E-state index in [0.717, 1.165) is 5.69 Å². The molecule has 0 atom stereocenters. The molecule has 0 aliphatic rings. The molecule has 0 aliphatic heterocycles. The van der Waals surface area contributed by atoms with Crippen LogP contribution in [0.3, 0.4) is 0 Å². The average molecular weight is 297 g/mol. The minimum Gasteiger partial charge on any atom is -0.193 e. The molecule has 0 N–H and O–H groups in total. The SMILES string of the molecule is Cc1cc(Cl)nn1C#C[Si](C(C)C)(C(C)C)C(C)C. The third-order valence-electron chi connectivity index (χ3n) is 4.10. The van der Waals surface area contributed by atoms with Crippen molar-refractivity contribution in [2.45, 2.75) is 65.1 Å². The quantitative estimate of drug-likeness (QED) is 0.574. The Hall–Kier alpha value is -0.723. The summed E-state index contributed by atoms with van der Waals surface area (Å²) in [7, 11) is -1.69. The van der Waals surface area contributed by atoms with Crippen LogP contribution in [-0.2, 0) is 0 Å². The largest absolute Gasteiger partial charge is 0.193 e. The highest BCUT2D eigenvalue weighted by atomic mass is 35.5. The van der Waals surface area contributed by atoms with Crippen molar-refractivity contribution in [3.8, 4) is 11.6 Å². The van der Waals surface area contributed by atoms with Gasteiger partial charge in [0, 0.05) is 6.04 Å². The van der Waals surface area contributed by atoms with Crippen LogP contribution in [0.15, 0.2) is 6.07 Å². The topological polar surface area (TPSA) is 17.8 Å². The fourth-order valence-corrected chi connectivity index (χ4v) is 8.53. The van der Waals surface area contributed by atoms with Gasteiger partial charge in [-0.3, -0.25) is 0 Å². The first-order valence-electron chi connectivity index (χ1n) is 6.97. The maximum absolute atomic E-state index is 5.91. The number of hydrogen-bond donors (Lipinski definition) is 0. The van der Waals surface area contributed by atoms with Gasteiger partial charge in [0.1, 0.15) is 8.07 Å². The lowest BCUT2D eigenvalue weighted by molar-refractivity contribution is 0.835. The zero-order valence-electron chi connectivity index (χ0n) is 13.1. The fraction of sp³-hybridized carbons (Fsp3) is 0.667. The molecule has 0 fully saturated rings. The highest BCUT2D eigenvalue weighted by molar-refractivity contribution is 6.90. The Morgan fingerprint density at radius 3 is 1.89 bits per heavy atom. The van der Waals surface area contributed by atoms with E-state index in [2.05, 4.69) is 58.2 Å². The fourth-order valence-electron chi connectivity index (χ4n) is 3.13. The zero-order chi connectivity index (χ0) is 14.8. The number of nitrogens with zero attached hydrogens (tertiary/aromatic N) is 2. The van der Waals surface area contributed by atoms with Crippen LogP contribution in [0.2, 0.25) is 21.8 Å². The van der Waals surface area contributed by atoms with E-state index in [1.54, 1.807) is 4.68 Å². The van der Waals surface area contributed by atoms with E-state index in [4.69, 9.17) is 11.6 Å². The van der Waals surface area contributed by atoms with Gasteiger partial charge in [-0.25, -0.2) is 0 Å². The van der Waals surface area contributed by atoms with E-state index in [0.29, 0.717) is 21.8 Å². The van der Waals surface area contributed by atoms with Crippen molar-refractivity contribution in [2.75, 3.05) is 0 Å². The zero-order valence-corrected chi connectivity index (χ0v) is 14.8. The lowest BCUT2D eigenvalue weighted by atomic mass is 10.5. The van der Waals surface area contributed by atoms with Crippen LogP contribution in [0.4, 0.5) is 0 Å². The number of halogens is 1. The first-order valence-corrected chi connectivity index (χ1v) is 9.58. The van der Waals surface area contributed by atoms with Gasteiger partial charge in [0.25, 0.3) is 0 Å². The Morgan fingerprint density at radius 1 is 1.11 bits per heavy atom. The molecule has 0 spiro atoms. The van der Waals surface area contributed by atoms with Gasteiger partial charge < -0.3 is 0 Å². The molecular weight excluding hydrogens is 272 g/mol. The lowest BCUT2D eigenvalue weighted by Gasteiger charge is -2.37. The van der Waals surface area contributed by atoms with Crippen LogP contribution in [0.5, 0.6) is 0 Å². The predicted molar refractivity (Wildman–Crippen MR) is 86.2 cm³/mol. The van der Waals surface area contributed by atoms with Gasteiger partial charge in [-0.2, -0.15) is 4.68 Å². The van der Waals surface area contributed by atoms with Gasteiger partial charge in [-0.15, -0.1) is 10.6 Å². The van der Waals surface area contributed by atoms with E-state index in [-0.39, 0.29) is 0 Å². The normalized spacial score (nSPS) is 12.2. The number of hydrogen-bond acceptors (Lipinski definition) is 1. The first-order chi connectivity index (χ1) is 8.71. The van der Waals surface area contributed by atoms with Gasteiger partial charge in [-0.1, -0.05) is 53.1 Å². The molecule has 1 heterocycles. The molecule has 0 aliphatic carbocycles. The maximum atomic E-state index is 5.91. The molecule has 1 rings (SSSR count). The lowest BCUT2D eigenvalue weighted by Crippen LogP contribution is -2.43. The molecule has 0 aromatic carbocycles. The highest BCUT2D eigenvalue weighted by Crippen LogP contribution is 2.40. The Labute approximate surface area is 123 Å². The predicted octanol–water partition coefficient (Wildman–Crippen LogP) is 4.87. The molecule has 0 amide bonds. The molecule has 4 heteroatoms. The molecule has 106 valence electrons. The van der Waals surface area contributed by atoms with E-state index in [1.807, 2.05) is 13.0 Å². The van der Waals surface area contributed by atoms with Crippen LogP contribution < -0.4 is 0 Å². The molecule has 0 bridgehead atoms. The third kappa shape index (κ3) is 3.24. The molecule has 19 heavy (non-hydrogen) atoms. The highest BCUT2D eigenvalue weighted by Gasteiger charge is 2.41. The second kappa shape index (κ2) is 6.15. The standard InChI is InChI=1S/C15H25ClN2Si/c1-11(2)19(12(3)4,13(5)6)9-8-18-14(7)10-15(16)17-18/h10-13H,1-7H3. The Kier molecular flexibility index (Phi) is 5.29. The smallest absolute Gasteiger partial charge is 0.152 e. The van der Waals surface area contributed by atoms with Crippen molar-refractivity contribution in [1.82, 2.24) is 9.78 Å². The van der Waals surface area contributed by atoms with E-state index < -0.39 is 8.07 Å². The van der Waals surface area contributed by atoms with Crippen molar-refractivity contribution in [3.63, 3.8) is 0 Å². The molecule has 1 aromatic rings. The van der Waals surface area contributed by atoms with Crippen LogP contribution in [0, 0.1) is 18.5 Å². The molecule has 0 saturated heterocycles. The second-order valence-corrected chi connectivity index (χ2v) is 12.1. The van der Waals surface area contributed by atoms with Crippen molar-refractivity contribution in [1.29, 1.82) is 0 Å². The molecular formula is C15H25ClN2Si. The molecule has 1 aromatic heterocycles. The summed E-state index contributed by atoms with van der Waals surface area (Å²) in [6.07, 6.45) is 0. The summed E-state index contributed by atoms with van der Waals surface area (Å²) in [5.74, 6) is 0. The second-order valence-electron chi connectivity index (χ2n) is 6.15. The van der Waals surface area contributed by atoms with Crippen LogP contribution >= 0.6 is 11.6 Å². The molecule has 0 saturated carbocycles. The molecule has 2 nitrogen and oxygen atoms in total. The van der Waals surface area contributed by atoms with Gasteiger partial charge in [-0.05, 0) is 29.6 Å². The van der Waals surface area contributed by atoms with Crippen molar-refractivity contribution >= 4 is 19.7 Å². The first kappa shape index (κ1) is 16.3. The van der Waals surface area contributed by atoms with E-state index >= 15 is 0 Å². The van der Waals surface area contributed by atoms with Crippen LogP contribution in [0.25, 0.3) is 0 Å². The van der Waals surface area contributed by atoms with Crippen LogP contribution in [0.1, 0.15) is 47.2 Å². The monoisotopic (exact) mass is 296 g/mol. The average Bonchev–Trinajstić information content (AvgIpc) is 2.56. The Bertz CT molecular complexity index is 470. The molecule has 0 radical (unpaired) electrons.